The van der Waals surface area contributed by atoms with E-state index in [4.69, 9.17) is 4.74 Å². The van der Waals surface area contributed by atoms with E-state index in [0.717, 1.165) is 35.3 Å². The zero-order chi connectivity index (χ0) is 20.1. The third kappa shape index (κ3) is 3.28. The van der Waals surface area contributed by atoms with Gasteiger partial charge < -0.3 is 9.64 Å². The number of amides is 2. The van der Waals surface area contributed by atoms with Crippen LogP contribution in [0, 0.1) is 5.92 Å². The largest absolute Gasteiger partial charge is 0.449 e. The van der Waals surface area contributed by atoms with Crippen LogP contribution in [0.15, 0.2) is 30.6 Å². The zero-order valence-electron chi connectivity index (χ0n) is 16.9. The summed E-state index contributed by atoms with van der Waals surface area (Å²) in [6.45, 7) is 4.54. The van der Waals surface area contributed by atoms with Crippen LogP contribution in [0.3, 0.4) is 0 Å². The summed E-state index contributed by atoms with van der Waals surface area (Å²) in [5, 5.41) is 4.48. The highest BCUT2D eigenvalue weighted by Gasteiger charge is 2.41. The highest BCUT2D eigenvalue weighted by atomic mass is 16.6. The monoisotopic (exact) mass is 394 g/mol. The number of benzene rings is 1. The van der Waals surface area contributed by atoms with Gasteiger partial charge >= 0.3 is 6.09 Å². The molecule has 2 amide bonds. The van der Waals surface area contributed by atoms with Gasteiger partial charge in [-0.3, -0.25) is 14.4 Å². The molecule has 5 rings (SSSR count). The molecule has 2 aliphatic carbocycles. The first kappa shape index (κ1) is 18.2. The van der Waals surface area contributed by atoms with Crippen molar-refractivity contribution in [3.8, 4) is 11.1 Å². The fraction of sp³-hybridized carbons (Fsp3) is 0.500. The Balaban J connectivity index is 1.55. The maximum atomic E-state index is 13.0. The van der Waals surface area contributed by atoms with Gasteiger partial charge in [0.2, 0.25) is 5.91 Å². The maximum Gasteiger partial charge on any atom is 0.414 e. The van der Waals surface area contributed by atoms with Crippen LogP contribution in [0.1, 0.15) is 45.6 Å². The minimum Gasteiger partial charge on any atom is -0.449 e. The fourth-order valence-corrected chi connectivity index (χ4v) is 4.07. The van der Waals surface area contributed by atoms with Crippen molar-refractivity contribution in [2.75, 3.05) is 23.0 Å². The lowest BCUT2D eigenvalue weighted by Gasteiger charge is -2.41. The predicted molar refractivity (Wildman–Crippen MR) is 110 cm³/mol. The van der Waals surface area contributed by atoms with Crippen molar-refractivity contribution in [3.05, 3.63) is 30.6 Å². The molecule has 0 radical (unpaired) electrons. The van der Waals surface area contributed by atoms with E-state index in [1.807, 2.05) is 40.9 Å². The smallest absolute Gasteiger partial charge is 0.414 e. The first-order chi connectivity index (χ1) is 14.1. The average molecular weight is 394 g/mol. The first-order valence-corrected chi connectivity index (χ1v) is 10.5. The Morgan fingerprint density at radius 2 is 1.93 bits per heavy atom. The number of nitrogens with zero attached hydrogens (tertiary/aromatic N) is 4. The third-order valence-corrected chi connectivity index (χ3v) is 5.92. The summed E-state index contributed by atoms with van der Waals surface area (Å²) in [5.74, 6) is 0.285. The molecule has 2 aromatic rings. The van der Waals surface area contributed by atoms with Crippen LogP contribution in [-0.4, -0.2) is 41.0 Å². The molecular formula is C22H26N4O3. The third-order valence-electron chi connectivity index (χ3n) is 5.92. The molecule has 0 N–H and O–H groups in total. The van der Waals surface area contributed by atoms with E-state index in [-0.39, 0.29) is 24.0 Å². The van der Waals surface area contributed by atoms with Gasteiger partial charge in [-0.15, -0.1) is 0 Å². The molecular weight excluding hydrogens is 368 g/mol. The second-order valence-corrected chi connectivity index (χ2v) is 8.28. The standard InChI is InChI=1S/C22H26N4O3/c1-3-29-22(28)24-12-14(2)26(21(27)15-4-5-15)19-9-6-16(10-20(19)24)17-11-23-25(13-17)18-7-8-18/h6,9-11,13-15,18H,3-5,7-8,12H2,1-2H3/t14-/m0/s1. The summed E-state index contributed by atoms with van der Waals surface area (Å²) in [5.41, 5.74) is 3.51. The number of rotatable bonds is 4. The number of carbonyl (C=O) groups excluding carboxylic acids is 2. The molecule has 2 heterocycles. The number of ether oxygens (including phenoxy) is 1. The lowest BCUT2D eigenvalue weighted by molar-refractivity contribution is -0.120. The maximum absolute atomic E-state index is 13.0. The molecule has 0 spiro atoms. The Bertz CT molecular complexity index is 961. The van der Waals surface area contributed by atoms with E-state index < -0.39 is 0 Å². The van der Waals surface area contributed by atoms with Crippen molar-refractivity contribution in [2.45, 2.75) is 51.6 Å². The minimum atomic E-state index is -0.370. The Morgan fingerprint density at radius 1 is 1.14 bits per heavy atom. The summed E-state index contributed by atoms with van der Waals surface area (Å²) in [4.78, 5) is 29.2. The first-order valence-electron chi connectivity index (χ1n) is 10.5. The quantitative estimate of drug-likeness (QED) is 0.786. The summed E-state index contributed by atoms with van der Waals surface area (Å²) in [7, 11) is 0. The molecule has 152 valence electrons. The Labute approximate surface area is 170 Å². The van der Waals surface area contributed by atoms with Crippen LogP contribution in [0.2, 0.25) is 0 Å². The molecule has 1 aliphatic heterocycles. The van der Waals surface area contributed by atoms with E-state index >= 15 is 0 Å². The second-order valence-electron chi connectivity index (χ2n) is 8.28. The van der Waals surface area contributed by atoms with E-state index in [1.165, 1.54) is 12.8 Å². The van der Waals surface area contributed by atoms with Gasteiger partial charge in [-0.2, -0.15) is 5.10 Å². The Morgan fingerprint density at radius 3 is 2.62 bits per heavy atom. The van der Waals surface area contributed by atoms with Crippen molar-refractivity contribution >= 4 is 23.4 Å². The van der Waals surface area contributed by atoms with Crippen molar-refractivity contribution in [1.82, 2.24) is 9.78 Å². The van der Waals surface area contributed by atoms with Crippen LogP contribution >= 0.6 is 0 Å². The molecule has 0 bridgehead atoms. The van der Waals surface area contributed by atoms with Crippen LogP contribution in [0.4, 0.5) is 16.2 Å². The van der Waals surface area contributed by atoms with Crippen LogP contribution in [0.5, 0.6) is 0 Å². The van der Waals surface area contributed by atoms with E-state index in [1.54, 1.807) is 11.8 Å². The molecule has 7 nitrogen and oxygen atoms in total. The zero-order valence-corrected chi connectivity index (χ0v) is 16.9. The number of hydrogen-bond acceptors (Lipinski definition) is 4. The number of carbonyl (C=O) groups is 2. The highest BCUT2D eigenvalue weighted by molar-refractivity contribution is 6.05. The topological polar surface area (TPSA) is 67.7 Å². The van der Waals surface area contributed by atoms with Crippen molar-refractivity contribution < 1.29 is 14.3 Å². The fourth-order valence-electron chi connectivity index (χ4n) is 4.07. The van der Waals surface area contributed by atoms with Crippen molar-refractivity contribution in [3.63, 3.8) is 0 Å². The molecule has 1 aromatic heterocycles. The van der Waals surface area contributed by atoms with Gasteiger partial charge in [0, 0.05) is 24.2 Å². The van der Waals surface area contributed by atoms with Gasteiger partial charge in [0.05, 0.1) is 36.3 Å². The minimum absolute atomic E-state index is 0.0940. The normalized spacial score (nSPS) is 21.1. The van der Waals surface area contributed by atoms with E-state index in [0.29, 0.717) is 19.2 Å². The van der Waals surface area contributed by atoms with Gasteiger partial charge in [-0.25, -0.2) is 4.79 Å². The molecule has 0 unspecified atom stereocenters. The molecule has 1 atom stereocenters. The lowest BCUT2D eigenvalue weighted by Crippen LogP contribution is -2.52. The number of fused-ring (bicyclic) bond motifs is 1. The van der Waals surface area contributed by atoms with Crippen LogP contribution in [-0.2, 0) is 9.53 Å². The van der Waals surface area contributed by atoms with E-state index in [2.05, 4.69) is 11.3 Å². The molecule has 7 heteroatoms. The second kappa shape index (κ2) is 6.90. The highest BCUT2D eigenvalue weighted by Crippen LogP contribution is 2.42. The number of hydrogen-bond donors (Lipinski definition) is 0. The lowest BCUT2D eigenvalue weighted by atomic mass is 10.0. The molecule has 3 aliphatic rings. The van der Waals surface area contributed by atoms with Crippen molar-refractivity contribution in [2.24, 2.45) is 5.92 Å². The number of aromatic nitrogens is 2. The molecule has 0 saturated heterocycles. The van der Waals surface area contributed by atoms with Gasteiger partial charge in [0.25, 0.3) is 0 Å². The van der Waals surface area contributed by atoms with Gasteiger partial charge in [0.15, 0.2) is 0 Å². The average Bonchev–Trinajstić information content (AvgIpc) is 3.65. The van der Waals surface area contributed by atoms with Crippen molar-refractivity contribution in [1.29, 1.82) is 0 Å². The summed E-state index contributed by atoms with van der Waals surface area (Å²) in [6, 6.07) is 6.39. The Kier molecular flexibility index (Phi) is 4.33. The predicted octanol–water partition coefficient (Wildman–Crippen LogP) is 3.99. The molecule has 2 saturated carbocycles. The summed E-state index contributed by atoms with van der Waals surface area (Å²) >= 11 is 0. The van der Waals surface area contributed by atoms with Gasteiger partial charge in [-0.05, 0) is 57.2 Å². The summed E-state index contributed by atoms with van der Waals surface area (Å²) in [6.07, 6.45) is 7.83. The number of anilines is 2. The van der Waals surface area contributed by atoms with Gasteiger partial charge in [-0.1, -0.05) is 6.07 Å². The van der Waals surface area contributed by atoms with E-state index in [9.17, 15) is 9.59 Å². The summed E-state index contributed by atoms with van der Waals surface area (Å²) < 4.78 is 7.32. The molecule has 29 heavy (non-hydrogen) atoms. The van der Waals surface area contributed by atoms with Gasteiger partial charge in [0.1, 0.15) is 0 Å². The Hall–Kier alpha value is -2.83. The molecule has 2 fully saturated rings. The SMILES string of the molecule is CCOC(=O)N1C[C@H](C)N(C(=O)C2CC2)c2ccc(-c3cnn(C4CC4)c3)cc21. The van der Waals surface area contributed by atoms with Crippen LogP contribution < -0.4 is 9.80 Å². The molecule has 1 aromatic carbocycles. The van der Waals surface area contributed by atoms with Crippen LogP contribution in [0.25, 0.3) is 11.1 Å².